The predicted octanol–water partition coefficient (Wildman–Crippen LogP) is 2.49. The molecule has 20 heavy (non-hydrogen) atoms. The second-order valence-electron chi connectivity index (χ2n) is 5.29. The van der Waals surface area contributed by atoms with Crippen LogP contribution in [0.25, 0.3) is 11.0 Å². The number of para-hydroxylation sites is 2. The van der Waals surface area contributed by atoms with Gasteiger partial charge >= 0.3 is 5.97 Å². The summed E-state index contributed by atoms with van der Waals surface area (Å²) in [5.41, 5.74) is 2.37. The average Bonchev–Trinajstić information content (AvgIpc) is 2.36. The van der Waals surface area contributed by atoms with Gasteiger partial charge in [0, 0.05) is 6.54 Å². The Morgan fingerprint density at radius 2 is 1.85 bits per heavy atom. The number of aryl methyl sites for hydroxylation is 1. The van der Waals surface area contributed by atoms with Crippen LogP contribution in [0.1, 0.15) is 19.5 Å². The van der Waals surface area contributed by atoms with Gasteiger partial charge in [-0.15, -0.1) is 0 Å². The van der Waals surface area contributed by atoms with Crippen LogP contribution in [-0.2, 0) is 4.79 Å². The molecule has 0 spiro atoms. The number of nitrogens with zero attached hydrogens (tertiary/aromatic N) is 3. The number of aliphatic carboxylic acids is 1. The van der Waals surface area contributed by atoms with Crippen molar-refractivity contribution in [1.29, 1.82) is 0 Å². The maximum absolute atomic E-state index is 11.0. The SMILES string of the molecule is Cc1nc2ccccc2nc1N(CC(=O)O)CC(C)C. The molecule has 5 nitrogen and oxygen atoms in total. The number of aromatic nitrogens is 2. The normalized spacial score (nSPS) is 11.0. The molecule has 0 saturated heterocycles. The molecule has 2 rings (SSSR count). The lowest BCUT2D eigenvalue weighted by Gasteiger charge is -2.25. The van der Waals surface area contributed by atoms with Gasteiger partial charge in [-0.25, -0.2) is 9.97 Å². The van der Waals surface area contributed by atoms with E-state index in [1.165, 1.54) is 0 Å². The summed E-state index contributed by atoms with van der Waals surface area (Å²) in [6.07, 6.45) is 0. The van der Waals surface area contributed by atoms with Crippen molar-refractivity contribution in [2.24, 2.45) is 5.92 Å². The molecule has 0 amide bonds. The van der Waals surface area contributed by atoms with E-state index in [0.717, 1.165) is 16.7 Å². The van der Waals surface area contributed by atoms with Crippen molar-refractivity contribution in [2.45, 2.75) is 20.8 Å². The van der Waals surface area contributed by atoms with Crippen molar-refractivity contribution in [2.75, 3.05) is 18.0 Å². The van der Waals surface area contributed by atoms with E-state index in [0.29, 0.717) is 18.3 Å². The van der Waals surface area contributed by atoms with Gasteiger partial charge in [-0.05, 0) is 25.0 Å². The molecule has 0 saturated carbocycles. The van der Waals surface area contributed by atoms with E-state index in [-0.39, 0.29) is 6.54 Å². The smallest absolute Gasteiger partial charge is 0.323 e. The highest BCUT2D eigenvalue weighted by Gasteiger charge is 2.17. The van der Waals surface area contributed by atoms with Gasteiger partial charge in [-0.2, -0.15) is 0 Å². The Morgan fingerprint density at radius 3 is 2.40 bits per heavy atom. The fourth-order valence-corrected chi connectivity index (χ4v) is 2.21. The third-order valence-corrected chi connectivity index (χ3v) is 2.93. The van der Waals surface area contributed by atoms with E-state index in [4.69, 9.17) is 5.11 Å². The average molecular weight is 273 g/mol. The Morgan fingerprint density at radius 1 is 1.25 bits per heavy atom. The number of hydrogen-bond donors (Lipinski definition) is 1. The van der Waals surface area contributed by atoms with E-state index < -0.39 is 5.97 Å². The summed E-state index contributed by atoms with van der Waals surface area (Å²) in [6, 6.07) is 7.61. The first-order valence-corrected chi connectivity index (χ1v) is 6.67. The highest BCUT2D eigenvalue weighted by molar-refractivity contribution is 5.78. The molecular weight excluding hydrogens is 254 g/mol. The van der Waals surface area contributed by atoms with Crippen molar-refractivity contribution < 1.29 is 9.90 Å². The number of benzene rings is 1. The first-order valence-electron chi connectivity index (χ1n) is 6.67. The van der Waals surface area contributed by atoms with E-state index >= 15 is 0 Å². The van der Waals surface area contributed by atoms with E-state index in [2.05, 4.69) is 23.8 Å². The molecule has 1 N–H and O–H groups in total. The standard InChI is InChI=1S/C15H19N3O2/c1-10(2)8-18(9-14(19)20)15-11(3)16-12-6-4-5-7-13(12)17-15/h4-7,10H,8-9H2,1-3H3,(H,19,20). The molecule has 1 heterocycles. The Labute approximate surface area is 118 Å². The second kappa shape index (κ2) is 5.86. The molecule has 0 aliphatic carbocycles. The van der Waals surface area contributed by atoms with Crippen LogP contribution >= 0.6 is 0 Å². The van der Waals surface area contributed by atoms with Crippen LogP contribution in [0.15, 0.2) is 24.3 Å². The molecule has 0 atom stereocenters. The van der Waals surface area contributed by atoms with Crippen LogP contribution < -0.4 is 4.90 Å². The maximum Gasteiger partial charge on any atom is 0.323 e. The quantitative estimate of drug-likeness (QED) is 0.906. The fraction of sp³-hybridized carbons (Fsp3) is 0.400. The first-order chi connectivity index (χ1) is 9.47. The van der Waals surface area contributed by atoms with Crippen molar-refractivity contribution in [3.05, 3.63) is 30.0 Å². The van der Waals surface area contributed by atoms with Gasteiger partial charge in [0.2, 0.25) is 0 Å². The van der Waals surface area contributed by atoms with Crippen LogP contribution in [0, 0.1) is 12.8 Å². The molecule has 2 aromatic rings. The summed E-state index contributed by atoms with van der Waals surface area (Å²) in [4.78, 5) is 21.9. The molecule has 106 valence electrons. The highest BCUT2D eigenvalue weighted by atomic mass is 16.4. The topological polar surface area (TPSA) is 66.3 Å². The number of fused-ring (bicyclic) bond motifs is 1. The highest BCUT2D eigenvalue weighted by Crippen LogP contribution is 2.20. The minimum Gasteiger partial charge on any atom is -0.480 e. The molecule has 1 aromatic heterocycles. The summed E-state index contributed by atoms with van der Waals surface area (Å²) in [7, 11) is 0. The van der Waals surface area contributed by atoms with Crippen molar-refractivity contribution in [1.82, 2.24) is 9.97 Å². The van der Waals surface area contributed by atoms with E-state index in [1.54, 1.807) is 4.90 Å². The Bertz CT molecular complexity index is 626. The number of rotatable bonds is 5. The zero-order chi connectivity index (χ0) is 14.7. The van der Waals surface area contributed by atoms with Gasteiger partial charge in [-0.3, -0.25) is 4.79 Å². The number of anilines is 1. The molecule has 5 heteroatoms. The molecule has 0 aliphatic heterocycles. The lowest BCUT2D eigenvalue weighted by Crippen LogP contribution is -2.34. The van der Waals surface area contributed by atoms with Gasteiger partial charge in [0.25, 0.3) is 0 Å². The number of carboxylic acids is 1. The van der Waals surface area contributed by atoms with Crippen molar-refractivity contribution in [3.63, 3.8) is 0 Å². The molecular formula is C15H19N3O2. The fourth-order valence-electron chi connectivity index (χ4n) is 2.21. The first kappa shape index (κ1) is 14.2. The van der Waals surface area contributed by atoms with E-state index in [9.17, 15) is 4.79 Å². The number of carbonyl (C=O) groups is 1. The van der Waals surface area contributed by atoms with Gasteiger partial charge in [0.15, 0.2) is 5.82 Å². The van der Waals surface area contributed by atoms with Crippen molar-refractivity contribution in [3.8, 4) is 0 Å². The summed E-state index contributed by atoms with van der Waals surface area (Å²) >= 11 is 0. The molecule has 0 radical (unpaired) electrons. The zero-order valence-corrected chi connectivity index (χ0v) is 12.0. The van der Waals surface area contributed by atoms with Gasteiger partial charge in [0.05, 0.1) is 16.7 Å². The summed E-state index contributed by atoms with van der Waals surface area (Å²) in [6.45, 7) is 6.55. The van der Waals surface area contributed by atoms with Crippen molar-refractivity contribution >= 4 is 22.8 Å². The Kier molecular flexibility index (Phi) is 4.17. The number of hydrogen-bond acceptors (Lipinski definition) is 4. The molecule has 0 fully saturated rings. The monoisotopic (exact) mass is 273 g/mol. The molecule has 1 aromatic carbocycles. The van der Waals surface area contributed by atoms with E-state index in [1.807, 2.05) is 31.2 Å². The minimum absolute atomic E-state index is 0.0635. The van der Waals surface area contributed by atoms with Crippen LogP contribution in [0.2, 0.25) is 0 Å². The van der Waals surface area contributed by atoms with Crippen LogP contribution in [0.5, 0.6) is 0 Å². The summed E-state index contributed by atoms with van der Waals surface area (Å²) in [5.74, 6) is 0.141. The minimum atomic E-state index is -0.861. The van der Waals surface area contributed by atoms with Gasteiger partial charge in [-0.1, -0.05) is 26.0 Å². The van der Waals surface area contributed by atoms with Gasteiger partial charge < -0.3 is 10.0 Å². The lowest BCUT2D eigenvalue weighted by atomic mass is 10.2. The third-order valence-electron chi connectivity index (χ3n) is 2.93. The largest absolute Gasteiger partial charge is 0.480 e. The third kappa shape index (κ3) is 3.23. The summed E-state index contributed by atoms with van der Waals surface area (Å²) < 4.78 is 0. The van der Waals surface area contributed by atoms with Crippen LogP contribution in [-0.4, -0.2) is 34.1 Å². The lowest BCUT2D eigenvalue weighted by molar-refractivity contribution is -0.135. The van der Waals surface area contributed by atoms with Crippen LogP contribution in [0.3, 0.4) is 0 Å². The number of carboxylic acid groups (broad SMARTS) is 1. The maximum atomic E-state index is 11.0. The molecule has 0 aliphatic rings. The second-order valence-corrected chi connectivity index (χ2v) is 5.29. The molecule has 0 bridgehead atoms. The Hall–Kier alpha value is -2.17. The summed E-state index contributed by atoms with van der Waals surface area (Å²) in [5, 5.41) is 9.07. The van der Waals surface area contributed by atoms with Crippen LogP contribution in [0.4, 0.5) is 5.82 Å². The predicted molar refractivity (Wildman–Crippen MR) is 79.0 cm³/mol. The molecule has 0 unspecified atom stereocenters. The zero-order valence-electron chi connectivity index (χ0n) is 12.0. The Balaban J connectivity index is 2.45. The van der Waals surface area contributed by atoms with Gasteiger partial charge in [0.1, 0.15) is 6.54 Å².